The minimum Gasteiger partial charge on any atom is -0.454 e. The number of benzene rings is 2. The van der Waals surface area contributed by atoms with E-state index in [-0.39, 0.29) is 5.91 Å². The lowest BCUT2D eigenvalue weighted by Gasteiger charge is -2.26. The molecule has 5 nitrogen and oxygen atoms in total. The molecule has 4 aromatic rings. The minimum atomic E-state index is -0.398. The fourth-order valence-corrected chi connectivity index (χ4v) is 3.88. The predicted molar refractivity (Wildman–Crippen MR) is 97.6 cm³/mol. The number of fused-ring (bicyclic) bond motifs is 2. The van der Waals surface area contributed by atoms with E-state index in [0.717, 1.165) is 20.9 Å². The molecule has 1 aliphatic rings. The van der Waals surface area contributed by atoms with Crippen LogP contribution in [0.15, 0.2) is 65.1 Å². The first-order chi connectivity index (χ1) is 12.3. The number of hydrogen-bond acceptors (Lipinski definition) is 5. The Hall–Kier alpha value is -3.12. The van der Waals surface area contributed by atoms with E-state index in [1.165, 1.54) is 0 Å². The van der Waals surface area contributed by atoms with Crippen LogP contribution in [0.4, 0.5) is 5.69 Å². The fraction of sp³-hybridized carbons (Fsp3) is 0.0526. The van der Waals surface area contributed by atoms with Crippen LogP contribution in [-0.2, 0) is 0 Å². The molecular weight excluding hydrogens is 334 g/mol. The third-order valence-corrected chi connectivity index (χ3v) is 5.21. The number of furan rings is 1. The molecule has 122 valence electrons. The summed E-state index contributed by atoms with van der Waals surface area (Å²) < 4.78 is 7.09. The van der Waals surface area contributed by atoms with Crippen molar-refractivity contribution in [3.05, 3.63) is 72.0 Å². The highest BCUT2D eigenvalue weighted by atomic mass is 32.1. The van der Waals surface area contributed by atoms with Crippen molar-refractivity contribution in [3.8, 4) is 10.8 Å². The first-order valence-electron chi connectivity index (χ1n) is 7.90. The van der Waals surface area contributed by atoms with E-state index >= 15 is 0 Å². The molecule has 5 rings (SSSR count). The third kappa shape index (κ3) is 2.38. The van der Waals surface area contributed by atoms with Crippen LogP contribution in [-0.4, -0.2) is 10.9 Å². The van der Waals surface area contributed by atoms with Gasteiger partial charge >= 0.3 is 0 Å². The second-order valence-corrected chi connectivity index (χ2v) is 6.82. The van der Waals surface area contributed by atoms with Crippen LogP contribution in [0.25, 0.3) is 21.0 Å². The number of aromatic nitrogens is 1. The van der Waals surface area contributed by atoms with Crippen LogP contribution in [0.3, 0.4) is 0 Å². The summed E-state index contributed by atoms with van der Waals surface area (Å²) in [7, 11) is 0. The van der Waals surface area contributed by atoms with Gasteiger partial charge in [0.25, 0.3) is 5.91 Å². The van der Waals surface area contributed by atoms with E-state index in [1.807, 2.05) is 54.6 Å². The van der Waals surface area contributed by atoms with Crippen LogP contribution in [0.1, 0.15) is 22.3 Å². The van der Waals surface area contributed by atoms with Crippen LogP contribution in [0, 0.1) is 0 Å². The van der Waals surface area contributed by atoms with Gasteiger partial charge in [0.05, 0.1) is 15.8 Å². The topological polar surface area (TPSA) is 67.2 Å². The zero-order valence-corrected chi connectivity index (χ0v) is 13.8. The van der Waals surface area contributed by atoms with Crippen molar-refractivity contribution in [2.24, 2.45) is 0 Å². The lowest BCUT2D eigenvalue weighted by molar-refractivity contribution is 0.0931. The maximum atomic E-state index is 12.3. The number of para-hydroxylation sites is 2. The number of amides is 1. The van der Waals surface area contributed by atoms with E-state index in [1.54, 1.807) is 17.4 Å². The Bertz CT molecular complexity index is 1070. The first kappa shape index (κ1) is 14.2. The molecule has 1 amide bonds. The van der Waals surface area contributed by atoms with Gasteiger partial charge in [-0.3, -0.25) is 4.79 Å². The Labute approximate surface area is 147 Å². The highest BCUT2D eigenvalue weighted by Crippen LogP contribution is 2.33. The average molecular weight is 347 g/mol. The Morgan fingerprint density at radius 3 is 2.72 bits per heavy atom. The Morgan fingerprint density at radius 2 is 1.80 bits per heavy atom. The lowest BCUT2D eigenvalue weighted by atomic mass is 10.1. The standard InChI is InChI=1S/C19H13N3O2S/c23-18-11-5-1-2-6-12(11)20-17(22-18)14-9-10-15(24-14)19-21-13-7-3-4-8-16(13)25-19/h1-10,17,20H,(H,22,23). The molecular formula is C19H13N3O2S. The molecule has 0 saturated carbocycles. The smallest absolute Gasteiger partial charge is 0.255 e. The number of rotatable bonds is 2. The number of anilines is 1. The molecule has 25 heavy (non-hydrogen) atoms. The molecule has 6 heteroatoms. The van der Waals surface area contributed by atoms with Gasteiger partial charge in [-0.25, -0.2) is 4.98 Å². The zero-order chi connectivity index (χ0) is 16.8. The quantitative estimate of drug-likeness (QED) is 0.564. The SMILES string of the molecule is O=C1NC(c2ccc(-c3nc4ccccc4s3)o2)Nc2ccccc21. The Morgan fingerprint density at radius 1 is 0.960 bits per heavy atom. The summed E-state index contributed by atoms with van der Waals surface area (Å²) in [6, 6.07) is 19.2. The predicted octanol–water partition coefficient (Wildman–Crippen LogP) is 4.41. The molecule has 0 bridgehead atoms. The summed E-state index contributed by atoms with van der Waals surface area (Å²) in [6.07, 6.45) is -0.398. The number of carbonyl (C=O) groups is 1. The number of nitrogens with one attached hydrogen (secondary N) is 2. The van der Waals surface area contributed by atoms with Gasteiger partial charge in [-0.1, -0.05) is 24.3 Å². The van der Waals surface area contributed by atoms with Gasteiger partial charge in [-0.05, 0) is 36.4 Å². The number of nitrogens with zero attached hydrogens (tertiary/aromatic N) is 1. The minimum absolute atomic E-state index is 0.114. The fourth-order valence-electron chi connectivity index (χ4n) is 2.95. The summed E-state index contributed by atoms with van der Waals surface area (Å²) in [4.78, 5) is 16.9. The number of thiazole rings is 1. The molecule has 0 aliphatic carbocycles. The van der Waals surface area contributed by atoms with E-state index < -0.39 is 6.17 Å². The molecule has 1 unspecified atom stereocenters. The largest absolute Gasteiger partial charge is 0.454 e. The summed E-state index contributed by atoms with van der Waals surface area (Å²) in [5.74, 6) is 1.24. The van der Waals surface area contributed by atoms with Crippen LogP contribution < -0.4 is 10.6 Å². The summed E-state index contributed by atoms with van der Waals surface area (Å²) in [5, 5.41) is 7.04. The highest BCUT2D eigenvalue weighted by Gasteiger charge is 2.26. The summed E-state index contributed by atoms with van der Waals surface area (Å²) in [5.41, 5.74) is 2.39. The van der Waals surface area contributed by atoms with E-state index in [4.69, 9.17) is 4.42 Å². The van der Waals surface area contributed by atoms with Gasteiger partial charge in [-0.2, -0.15) is 0 Å². The van der Waals surface area contributed by atoms with E-state index in [9.17, 15) is 4.79 Å². The molecule has 2 aromatic carbocycles. The molecule has 2 aromatic heterocycles. The van der Waals surface area contributed by atoms with Crippen molar-refractivity contribution in [1.29, 1.82) is 0 Å². The van der Waals surface area contributed by atoms with E-state index in [2.05, 4.69) is 15.6 Å². The van der Waals surface area contributed by atoms with Gasteiger partial charge in [-0.15, -0.1) is 11.3 Å². The molecule has 1 aliphatic heterocycles. The second-order valence-electron chi connectivity index (χ2n) is 5.79. The van der Waals surface area contributed by atoms with Crippen LogP contribution in [0.5, 0.6) is 0 Å². The lowest BCUT2D eigenvalue weighted by Crippen LogP contribution is -2.38. The number of carbonyl (C=O) groups excluding carboxylic acids is 1. The van der Waals surface area contributed by atoms with Gasteiger partial charge in [0.15, 0.2) is 16.9 Å². The molecule has 1 atom stereocenters. The second kappa shape index (κ2) is 5.46. The average Bonchev–Trinajstić information content (AvgIpc) is 3.28. The number of hydrogen-bond donors (Lipinski definition) is 2. The molecule has 2 N–H and O–H groups in total. The highest BCUT2D eigenvalue weighted by molar-refractivity contribution is 7.21. The van der Waals surface area contributed by atoms with Crippen molar-refractivity contribution >= 4 is 33.1 Å². The van der Waals surface area contributed by atoms with Gasteiger partial charge in [0, 0.05) is 5.69 Å². The zero-order valence-electron chi connectivity index (χ0n) is 13.0. The van der Waals surface area contributed by atoms with Gasteiger partial charge in [0.2, 0.25) is 0 Å². The van der Waals surface area contributed by atoms with Crippen molar-refractivity contribution in [2.45, 2.75) is 6.17 Å². The maximum absolute atomic E-state index is 12.3. The van der Waals surface area contributed by atoms with Gasteiger partial charge in [0.1, 0.15) is 5.76 Å². The van der Waals surface area contributed by atoms with Crippen molar-refractivity contribution < 1.29 is 9.21 Å². The third-order valence-electron chi connectivity index (χ3n) is 4.16. The van der Waals surface area contributed by atoms with Crippen molar-refractivity contribution in [3.63, 3.8) is 0 Å². The summed E-state index contributed by atoms with van der Waals surface area (Å²) in [6.45, 7) is 0. The van der Waals surface area contributed by atoms with Crippen LogP contribution >= 0.6 is 11.3 Å². The maximum Gasteiger partial charge on any atom is 0.255 e. The normalized spacial score (nSPS) is 16.3. The molecule has 0 radical (unpaired) electrons. The Balaban J connectivity index is 1.48. The monoisotopic (exact) mass is 347 g/mol. The molecule has 0 fully saturated rings. The Kier molecular flexibility index (Phi) is 3.11. The molecule has 3 heterocycles. The van der Waals surface area contributed by atoms with Crippen molar-refractivity contribution in [1.82, 2.24) is 10.3 Å². The van der Waals surface area contributed by atoms with Crippen LogP contribution in [0.2, 0.25) is 0 Å². The molecule has 0 spiro atoms. The molecule has 0 saturated heterocycles. The van der Waals surface area contributed by atoms with E-state index in [0.29, 0.717) is 17.1 Å². The van der Waals surface area contributed by atoms with Gasteiger partial charge < -0.3 is 15.1 Å². The van der Waals surface area contributed by atoms with Crippen molar-refractivity contribution in [2.75, 3.05) is 5.32 Å². The first-order valence-corrected chi connectivity index (χ1v) is 8.72. The summed E-state index contributed by atoms with van der Waals surface area (Å²) >= 11 is 1.59.